The Morgan fingerprint density at radius 1 is 0.950 bits per heavy atom. The number of pyridine rings is 1. The van der Waals surface area contributed by atoms with E-state index in [1.807, 2.05) is 0 Å². The zero-order valence-corrected chi connectivity index (χ0v) is 13.5. The summed E-state index contributed by atoms with van der Waals surface area (Å²) in [5, 5.41) is 5.62. The minimum atomic E-state index is 0.129. The molecule has 104 valence electrons. The van der Waals surface area contributed by atoms with Gasteiger partial charge in [0.25, 0.3) is 0 Å². The van der Waals surface area contributed by atoms with E-state index in [1.54, 1.807) is 18.2 Å². The molecule has 0 atom stereocenters. The maximum Gasteiger partial charge on any atom is 0.166 e. The molecule has 0 spiro atoms. The van der Waals surface area contributed by atoms with E-state index in [9.17, 15) is 0 Å². The molecule has 8 heteroatoms. The van der Waals surface area contributed by atoms with Gasteiger partial charge in [-0.3, -0.25) is 5.43 Å². The molecule has 0 unspecified atom stereocenters. The number of rotatable bonds is 3. The van der Waals surface area contributed by atoms with Crippen LogP contribution in [0.1, 0.15) is 5.56 Å². The first kappa shape index (κ1) is 15.7. The molecule has 0 radical (unpaired) electrons. The topological polar surface area (TPSA) is 37.3 Å². The number of hydrogen-bond donors (Lipinski definition) is 1. The van der Waals surface area contributed by atoms with Crippen molar-refractivity contribution in [1.29, 1.82) is 0 Å². The van der Waals surface area contributed by atoms with Crippen molar-refractivity contribution in [2.24, 2.45) is 5.10 Å². The molecule has 0 saturated carbocycles. The minimum Gasteiger partial charge on any atom is -0.260 e. The van der Waals surface area contributed by atoms with E-state index in [1.165, 1.54) is 12.3 Å². The lowest BCUT2D eigenvalue weighted by Gasteiger charge is -2.04. The Morgan fingerprint density at radius 3 is 2.25 bits per heavy atom. The van der Waals surface area contributed by atoms with E-state index in [0.717, 1.165) is 0 Å². The van der Waals surface area contributed by atoms with Gasteiger partial charge in [-0.05, 0) is 18.2 Å². The molecule has 0 amide bonds. The third-order valence-corrected chi connectivity index (χ3v) is 3.87. The first-order valence-corrected chi connectivity index (χ1v) is 7.12. The highest BCUT2D eigenvalue weighted by molar-refractivity contribution is 6.43. The van der Waals surface area contributed by atoms with Crippen LogP contribution in [0.15, 0.2) is 29.4 Å². The number of nitrogens with zero attached hydrogens (tertiary/aromatic N) is 2. The SMILES string of the molecule is Clc1cc(Cl)c(NN=Cc2c(Cl)cccc2Cl)nc1Cl. The molecule has 0 aliphatic carbocycles. The van der Waals surface area contributed by atoms with Gasteiger partial charge in [-0.15, -0.1) is 0 Å². The Hall–Kier alpha value is -0.710. The summed E-state index contributed by atoms with van der Waals surface area (Å²) >= 11 is 29.5. The molecule has 0 bridgehead atoms. The lowest BCUT2D eigenvalue weighted by atomic mass is 10.2. The van der Waals surface area contributed by atoms with Crippen molar-refractivity contribution in [3.05, 3.63) is 55.1 Å². The standard InChI is InChI=1S/C12H6Cl5N3/c13-7-2-1-3-8(14)6(7)5-18-20-12-10(16)4-9(15)11(17)19-12/h1-5H,(H,19,20). The maximum atomic E-state index is 6.00. The van der Waals surface area contributed by atoms with Gasteiger partial charge in [-0.2, -0.15) is 5.10 Å². The van der Waals surface area contributed by atoms with Crippen LogP contribution in [-0.4, -0.2) is 11.2 Å². The number of anilines is 1. The summed E-state index contributed by atoms with van der Waals surface area (Å²) < 4.78 is 0. The number of hydrogen-bond acceptors (Lipinski definition) is 3. The van der Waals surface area contributed by atoms with Crippen molar-refractivity contribution in [3.8, 4) is 0 Å². The van der Waals surface area contributed by atoms with Crippen molar-refractivity contribution in [2.75, 3.05) is 5.43 Å². The van der Waals surface area contributed by atoms with Gasteiger partial charge in [-0.1, -0.05) is 64.1 Å². The van der Waals surface area contributed by atoms with E-state index < -0.39 is 0 Å². The molecule has 0 aliphatic rings. The fraction of sp³-hybridized carbons (Fsp3) is 0. The first-order chi connectivity index (χ1) is 9.49. The largest absolute Gasteiger partial charge is 0.260 e. The molecule has 1 aromatic carbocycles. The highest BCUT2D eigenvalue weighted by atomic mass is 35.5. The summed E-state index contributed by atoms with van der Waals surface area (Å²) in [6, 6.07) is 6.63. The molecule has 1 N–H and O–H groups in total. The van der Waals surface area contributed by atoms with Crippen molar-refractivity contribution in [2.45, 2.75) is 0 Å². The zero-order chi connectivity index (χ0) is 14.7. The number of benzene rings is 1. The summed E-state index contributed by atoms with van der Waals surface area (Å²) in [7, 11) is 0. The Balaban J connectivity index is 2.21. The van der Waals surface area contributed by atoms with Crippen LogP contribution in [0.2, 0.25) is 25.2 Å². The molecule has 1 heterocycles. The lowest BCUT2D eigenvalue weighted by molar-refractivity contribution is 1.23. The molecule has 2 rings (SSSR count). The maximum absolute atomic E-state index is 6.00. The Morgan fingerprint density at radius 2 is 1.60 bits per heavy atom. The van der Waals surface area contributed by atoms with E-state index in [0.29, 0.717) is 20.6 Å². The van der Waals surface area contributed by atoms with Gasteiger partial charge in [0, 0.05) is 5.56 Å². The van der Waals surface area contributed by atoms with Crippen LogP contribution < -0.4 is 5.43 Å². The molecule has 0 fully saturated rings. The molecular formula is C12H6Cl5N3. The van der Waals surface area contributed by atoms with E-state index in [-0.39, 0.29) is 16.0 Å². The van der Waals surface area contributed by atoms with Crippen LogP contribution in [0.4, 0.5) is 5.82 Å². The normalized spacial score (nSPS) is 11.1. The van der Waals surface area contributed by atoms with Crippen molar-refractivity contribution >= 4 is 70.0 Å². The third kappa shape index (κ3) is 3.68. The smallest absolute Gasteiger partial charge is 0.166 e. The van der Waals surface area contributed by atoms with Crippen molar-refractivity contribution < 1.29 is 0 Å². The number of halogens is 5. The minimum absolute atomic E-state index is 0.129. The monoisotopic (exact) mass is 367 g/mol. The average molecular weight is 369 g/mol. The lowest BCUT2D eigenvalue weighted by Crippen LogP contribution is -1.96. The fourth-order valence-corrected chi connectivity index (χ4v) is 2.35. The van der Waals surface area contributed by atoms with E-state index in [2.05, 4.69) is 15.5 Å². The summed E-state index contributed by atoms with van der Waals surface area (Å²) in [5.41, 5.74) is 3.23. The summed E-state index contributed by atoms with van der Waals surface area (Å²) in [4.78, 5) is 3.96. The third-order valence-electron chi connectivity index (χ3n) is 2.25. The van der Waals surface area contributed by atoms with Gasteiger partial charge in [0.05, 0.1) is 26.3 Å². The van der Waals surface area contributed by atoms with Crippen LogP contribution in [0.5, 0.6) is 0 Å². The van der Waals surface area contributed by atoms with Crippen LogP contribution in [0.3, 0.4) is 0 Å². The summed E-state index contributed by atoms with van der Waals surface area (Å²) in [6.07, 6.45) is 1.46. The highest BCUT2D eigenvalue weighted by Gasteiger charge is 2.07. The predicted molar refractivity (Wildman–Crippen MR) is 86.9 cm³/mol. The van der Waals surface area contributed by atoms with Crippen LogP contribution in [0.25, 0.3) is 0 Å². The number of hydrazone groups is 1. The molecule has 2 aromatic rings. The molecule has 0 aliphatic heterocycles. The van der Waals surface area contributed by atoms with Crippen molar-refractivity contribution in [3.63, 3.8) is 0 Å². The quantitative estimate of drug-likeness (QED) is 0.422. The van der Waals surface area contributed by atoms with Crippen LogP contribution >= 0.6 is 58.0 Å². The second-order valence-electron chi connectivity index (χ2n) is 3.60. The van der Waals surface area contributed by atoms with Crippen LogP contribution in [-0.2, 0) is 0 Å². The number of nitrogens with one attached hydrogen (secondary N) is 1. The van der Waals surface area contributed by atoms with Gasteiger partial charge < -0.3 is 0 Å². The Labute approximate surface area is 140 Å². The van der Waals surface area contributed by atoms with E-state index in [4.69, 9.17) is 58.0 Å². The first-order valence-electron chi connectivity index (χ1n) is 5.23. The molecule has 20 heavy (non-hydrogen) atoms. The summed E-state index contributed by atoms with van der Waals surface area (Å²) in [5.74, 6) is 0.278. The van der Waals surface area contributed by atoms with Gasteiger partial charge in [0.2, 0.25) is 0 Å². The molecule has 1 aromatic heterocycles. The zero-order valence-electron chi connectivity index (χ0n) is 9.67. The van der Waals surface area contributed by atoms with Gasteiger partial charge in [0.1, 0.15) is 5.15 Å². The Bertz CT molecular complexity index is 652. The van der Waals surface area contributed by atoms with Crippen molar-refractivity contribution in [1.82, 2.24) is 4.98 Å². The highest BCUT2D eigenvalue weighted by Crippen LogP contribution is 2.29. The van der Waals surface area contributed by atoms with Gasteiger partial charge in [0.15, 0.2) is 5.82 Å². The van der Waals surface area contributed by atoms with Crippen LogP contribution in [0, 0.1) is 0 Å². The fourth-order valence-electron chi connectivity index (χ4n) is 1.31. The van der Waals surface area contributed by atoms with Gasteiger partial charge in [-0.25, -0.2) is 4.98 Å². The second-order valence-corrected chi connectivity index (χ2v) is 5.58. The average Bonchev–Trinajstić information content (AvgIpc) is 2.39. The van der Waals surface area contributed by atoms with E-state index >= 15 is 0 Å². The second kappa shape index (κ2) is 6.83. The molecule has 0 saturated heterocycles. The van der Waals surface area contributed by atoms with Gasteiger partial charge >= 0.3 is 0 Å². The number of aromatic nitrogens is 1. The molecule has 3 nitrogen and oxygen atoms in total. The summed E-state index contributed by atoms with van der Waals surface area (Å²) in [6.45, 7) is 0. The molecular weight excluding hydrogens is 363 g/mol. The predicted octanol–water partition coefficient (Wildman–Crippen LogP) is 5.79. The Kier molecular flexibility index (Phi) is 5.35.